The predicted octanol–water partition coefficient (Wildman–Crippen LogP) is 23.1. The number of esters is 4. The molecule has 0 bridgehead atoms. The van der Waals surface area contributed by atoms with Crippen molar-refractivity contribution in [3.8, 4) is 0 Å². The summed E-state index contributed by atoms with van der Waals surface area (Å²) in [5.41, 5.74) is 0. The van der Waals surface area contributed by atoms with E-state index < -0.39 is 97.5 Å². The number of unbranched alkanes of at least 4 members (excludes halogenated alkanes) is 43. The summed E-state index contributed by atoms with van der Waals surface area (Å²) in [5, 5.41) is 10.6. The van der Waals surface area contributed by atoms with Gasteiger partial charge in [-0.05, 0) is 63.2 Å². The van der Waals surface area contributed by atoms with Gasteiger partial charge in [-0.1, -0.05) is 336 Å². The van der Waals surface area contributed by atoms with Crippen molar-refractivity contribution in [2.45, 2.75) is 407 Å². The number of carbonyl (C=O) groups excluding carboxylic acids is 4. The van der Waals surface area contributed by atoms with Gasteiger partial charge in [-0.15, -0.1) is 0 Å². The number of carbonyl (C=O) groups is 4. The second kappa shape index (κ2) is 70.2. The Morgan fingerprint density at radius 1 is 0.316 bits per heavy atom. The van der Waals surface area contributed by atoms with E-state index in [0.29, 0.717) is 37.5 Å². The molecule has 0 aliphatic heterocycles. The van der Waals surface area contributed by atoms with E-state index in [9.17, 15) is 43.2 Å². The molecule has 0 aliphatic carbocycles. The molecule has 0 aromatic carbocycles. The third-order valence-electron chi connectivity index (χ3n) is 17.8. The number of hydrogen-bond donors (Lipinski definition) is 3. The highest BCUT2D eigenvalue weighted by molar-refractivity contribution is 7.47. The smallest absolute Gasteiger partial charge is 0.462 e. The van der Waals surface area contributed by atoms with Gasteiger partial charge in [0, 0.05) is 25.7 Å². The third-order valence-corrected chi connectivity index (χ3v) is 19.7. The monoisotopic (exact) mass is 1430 g/mol. The van der Waals surface area contributed by atoms with Crippen LogP contribution < -0.4 is 0 Å². The molecule has 0 fully saturated rings. The molecule has 0 spiro atoms. The summed E-state index contributed by atoms with van der Waals surface area (Å²) in [7, 11) is -9.93. The Hall–Kier alpha value is -2.46. The van der Waals surface area contributed by atoms with Crippen LogP contribution in [0.1, 0.15) is 388 Å². The zero-order valence-electron chi connectivity index (χ0n) is 63.6. The summed E-state index contributed by atoms with van der Waals surface area (Å²) in [6.45, 7) is 9.44. The molecule has 578 valence electrons. The van der Waals surface area contributed by atoms with Crippen molar-refractivity contribution in [1.82, 2.24) is 0 Å². The van der Waals surface area contributed by atoms with Crippen LogP contribution in [0.5, 0.6) is 0 Å². The molecular weight excluding hydrogens is 1280 g/mol. The zero-order chi connectivity index (χ0) is 72.1. The molecule has 19 heteroatoms. The van der Waals surface area contributed by atoms with E-state index in [-0.39, 0.29) is 25.7 Å². The fourth-order valence-electron chi connectivity index (χ4n) is 11.6. The summed E-state index contributed by atoms with van der Waals surface area (Å²) in [5.74, 6) is -0.728. The maximum Gasteiger partial charge on any atom is 0.472 e. The van der Waals surface area contributed by atoms with Crippen molar-refractivity contribution < 1.29 is 80.2 Å². The molecule has 0 saturated carbocycles. The average molecular weight is 1430 g/mol. The molecule has 0 aliphatic rings. The quantitative estimate of drug-likeness (QED) is 0.0169. The van der Waals surface area contributed by atoms with Crippen LogP contribution in [0.3, 0.4) is 0 Å². The molecule has 2 unspecified atom stereocenters. The van der Waals surface area contributed by atoms with E-state index >= 15 is 0 Å². The fraction of sp³-hybridized carbons (Fsp3) is 0.899. The van der Waals surface area contributed by atoms with Crippen LogP contribution in [0.15, 0.2) is 24.3 Å². The van der Waals surface area contributed by atoms with Crippen LogP contribution in [0.2, 0.25) is 0 Å². The highest BCUT2D eigenvalue weighted by Crippen LogP contribution is 2.45. The molecule has 0 rings (SSSR count). The molecule has 5 atom stereocenters. The van der Waals surface area contributed by atoms with Gasteiger partial charge in [0.05, 0.1) is 26.4 Å². The Kier molecular flexibility index (Phi) is 68.5. The molecule has 0 heterocycles. The average Bonchev–Trinajstić information content (AvgIpc) is 0.970. The van der Waals surface area contributed by atoms with Gasteiger partial charge in [0.2, 0.25) is 0 Å². The topological polar surface area (TPSA) is 237 Å². The second-order valence-corrected chi connectivity index (χ2v) is 31.6. The summed E-state index contributed by atoms with van der Waals surface area (Å²) < 4.78 is 68.5. The van der Waals surface area contributed by atoms with Gasteiger partial charge < -0.3 is 33.8 Å². The number of aliphatic hydroxyl groups is 1. The minimum absolute atomic E-state index is 0.101. The van der Waals surface area contributed by atoms with Crippen molar-refractivity contribution >= 4 is 39.5 Å². The number of hydrogen-bond acceptors (Lipinski definition) is 15. The van der Waals surface area contributed by atoms with E-state index in [1.807, 2.05) is 0 Å². The van der Waals surface area contributed by atoms with E-state index in [2.05, 4.69) is 65.8 Å². The van der Waals surface area contributed by atoms with Crippen molar-refractivity contribution in [3.63, 3.8) is 0 Å². The molecule has 17 nitrogen and oxygen atoms in total. The largest absolute Gasteiger partial charge is 0.472 e. The SMILES string of the molecule is CCCCCC/C=C\C=C/CCCCCCCC(=O)OC[C@H](COP(=O)(O)OC[C@@H](O)COP(=O)(O)OC[C@@H](COC(=O)CCCCCCCCCC(C)C)OC(=O)CCCCCCCCCCC(C)C)OC(=O)CCCCCCCCCCCCCCCCCCCCCCCC. The van der Waals surface area contributed by atoms with Gasteiger partial charge in [0.1, 0.15) is 19.3 Å². The van der Waals surface area contributed by atoms with E-state index in [4.69, 9.17) is 37.0 Å². The number of ether oxygens (including phenoxy) is 4. The normalized spacial score (nSPS) is 14.1. The van der Waals surface area contributed by atoms with Gasteiger partial charge >= 0.3 is 39.5 Å². The Balaban J connectivity index is 5.22. The highest BCUT2D eigenvalue weighted by Gasteiger charge is 2.30. The standard InChI is InChI=1S/C79H150O17P2/c1-7-9-11-13-15-17-19-21-23-24-25-26-27-28-29-31-33-35-37-44-51-57-63-78(83)95-74(67-89-76(81)61-55-49-43-36-34-32-30-22-20-18-16-14-12-10-8-2)69-93-97(85,86)91-65-73(80)66-92-98(87,88)94-70-75(68-90-77(82)62-56-50-46-40-42-48-54-60-72(5)6)96-79(84)64-58-52-45-39-38-41-47-53-59-71(3)4/h18,20,22,30,71-75,80H,7-17,19,21,23-29,31-70H2,1-6H3,(H,85,86)(H,87,88)/b20-18-,30-22-/t73-,74-,75-/m1/s1. The van der Waals surface area contributed by atoms with Crippen LogP contribution in [-0.2, 0) is 65.4 Å². The number of phosphoric acid groups is 2. The van der Waals surface area contributed by atoms with Crippen LogP contribution in [0.4, 0.5) is 0 Å². The minimum atomic E-state index is -4.97. The molecule has 0 aromatic rings. The first-order valence-corrected chi connectivity index (χ1v) is 43.3. The molecular formula is C79H150O17P2. The van der Waals surface area contributed by atoms with Crippen LogP contribution in [-0.4, -0.2) is 96.7 Å². The van der Waals surface area contributed by atoms with Gasteiger partial charge in [0.25, 0.3) is 0 Å². The second-order valence-electron chi connectivity index (χ2n) is 28.7. The summed E-state index contributed by atoms with van der Waals surface area (Å²) in [4.78, 5) is 72.8. The van der Waals surface area contributed by atoms with Crippen molar-refractivity contribution in [2.24, 2.45) is 11.8 Å². The molecule has 98 heavy (non-hydrogen) atoms. The molecule has 0 aromatic heterocycles. The van der Waals surface area contributed by atoms with Crippen LogP contribution >= 0.6 is 15.6 Å². The van der Waals surface area contributed by atoms with Crippen LogP contribution in [0, 0.1) is 11.8 Å². The molecule has 0 saturated heterocycles. The summed E-state index contributed by atoms with van der Waals surface area (Å²) in [6, 6.07) is 0. The fourth-order valence-corrected chi connectivity index (χ4v) is 13.2. The van der Waals surface area contributed by atoms with E-state index in [1.54, 1.807) is 0 Å². The lowest BCUT2D eigenvalue weighted by molar-refractivity contribution is -0.161. The highest BCUT2D eigenvalue weighted by atomic mass is 31.2. The Morgan fingerprint density at radius 2 is 0.551 bits per heavy atom. The summed E-state index contributed by atoms with van der Waals surface area (Å²) >= 11 is 0. The first-order valence-electron chi connectivity index (χ1n) is 40.3. The van der Waals surface area contributed by atoms with Crippen molar-refractivity contribution in [3.05, 3.63) is 24.3 Å². The Morgan fingerprint density at radius 3 is 0.837 bits per heavy atom. The number of aliphatic hydroxyl groups excluding tert-OH is 1. The molecule has 0 radical (unpaired) electrons. The zero-order valence-corrected chi connectivity index (χ0v) is 65.4. The predicted molar refractivity (Wildman–Crippen MR) is 400 cm³/mol. The first-order chi connectivity index (χ1) is 47.4. The maximum absolute atomic E-state index is 13.1. The Bertz CT molecular complexity index is 1980. The van der Waals surface area contributed by atoms with Gasteiger partial charge in [-0.3, -0.25) is 37.3 Å². The molecule has 3 N–H and O–H groups in total. The lowest BCUT2D eigenvalue weighted by atomic mass is 10.0. The van der Waals surface area contributed by atoms with Crippen LogP contribution in [0.25, 0.3) is 0 Å². The Labute approximate surface area is 599 Å². The van der Waals surface area contributed by atoms with Gasteiger partial charge in [-0.2, -0.15) is 0 Å². The van der Waals surface area contributed by atoms with E-state index in [0.717, 1.165) is 116 Å². The maximum atomic E-state index is 13.1. The number of rotatable bonds is 76. The summed E-state index contributed by atoms with van der Waals surface area (Å²) in [6.07, 6.45) is 62.2. The minimum Gasteiger partial charge on any atom is -0.462 e. The van der Waals surface area contributed by atoms with Crippen molar-refractivity contribution in [1.29, 1.82) is 0 Å². The lowest BCUT2D eigenvalue weighted by Gasteiger charge is -2.21. The molecule has 0 amide bonds. The number of phosphoric ester groups is 2. The lowest BCUT2D eigenvalue weighted by Crippen LogP contribution is -2.30. The van der Waals surface area contributed by atoms with Gasteiger partial charge in [0.15, 0.2) is 12.2 Å². The van der Waals surface area contributed by atoms with E-state index in [1.165, 1.54) is 180 Å². The third kappa shape index (κ3) is 71.9. The number of allylic oxidation sites excluding steroid dienone is 4. The first kappa shape index (κ1) is 95.5. The van der Waals surface area contributed by atoms with Crippen molar-refractivity contribution in [2.75, 3.05) is 39.6 Å². The van der Waals surface area contributed by atoms with Gasteiger partial charge in [-0.25, -0.2) is 9.13 Å².